The summed E-state index contributed by atoms with van der Waals surface area (Å²) in [4.78, 5) is 23.9. The van der Waals surface area contributed by atoms with Gasteiger partial charge in [0.1, 0.15) is 29.3 Å². The summed E-state index contributed by atoms with van der Waals surface area (Å²) in [5.74, 6) is 3.01. The molecule has 0 aliphatic carbocycles. The van der Waals surface area contributed by atoms with E-state index in [9.17, 15) is 4.79 Å². The Balaban J connectivity index is 1.23. The van der Waals surface area contributed by atoms with Gasteiger partial charge in [-0.3, -0.25) is 4.79 Å². The highest BCUT2D eigenvalue weighted by molar-refractivity contribution is 5.98. The number of nitrogen functional groups attached to an aromatic ring is 1. The minimum absolute atomic E-state index is 0.0701. The second kappa shape index (κ2) is 12.2. The second-order valence-corrected chi connectivity index (χ2v) is 10.2. The number of fused-ring (bicyclic) bond motifs is 1. The summed E-state index contributed by atoms with van der Waals surface area (Å²) in [5.41, 5.74) is 9.41. The molecule has 10 nitrogen and oxygen atoms in total. The number of para-hydroxylation sites is 1. The molecule has 3 aromatic carbocycles. The van der Waals surface area contributed by atoms with Gasteiger partial charge in [-0.15, -0.1) is 0 Å². The SMILES string of the molecule is COc1ccc(C=CC(=O)N2CCCC(n3nc(-c4ccc(Oc5ccccc5)cc4)c4c(N)ncnc43)C2)cc1OC. The Bertz CT molecular complexity index is 1770. The van der Waals surface area contributed by atoms with E-state index in [1.165, 1.54) is 6.33 Å². The Hall–Kier alpha value is -5.38. The van der Waals surface area contributed by atoms with Crippen molar-refractivity contribution in [2.45, 2.75) is 18.9 Å². The summed E-state index contributed by atoms with van der Waals surface area (Å²) >= 11 is 0. The van der Waals surface area contributed by atoms with Crippen molar-refractivity contribution in [1.29, 1.82) is 0 Å². The van der Waals surface area contributed by atoms with Crippen LogP contribution in [0.4, 0.5) is 5.82 Å². The molecule has 1 unspecified atom stereocenters. The highest BCUT2D eigenvalue weighted by Crippen LogP contribution is 2.35. The lowest BCUT2D eigenvalue weighted by Gasteiger charge is -2.32. The van der Waals surface area contributed by atoms with Crippen LogP contribution in [-0.4, -0.2) is 57.9 Å². The van der Waals surface area contributed by atoms with Crippen LogP contribution < -0.4 is 19.9 Å². The number of hydrogen-bond acceptors (Lipinski definition) is 8. The molecule has 1 saturated heterocycles. The summed E-state index contributed by atoms with van der Waals surface area (Å²) in [6, 6.07) is 22.8. The zero-order valence-electron chi connectivity index (χ0n) is 24.0. The summed E-state index contributed by atoms with van der Waals surface area (Å²) in [6.07, 6.45) is 6.52. The van der Waals surface area contributed by atoms with Crippen LogP contribution in [0, 0.1) is 0 Å². The fourth-order valence-corrected chi connectivity index (χ4v) is 5.34. The molecule has 1 atom stereocenters. The highest BCUT2D eigenvalue weighted by atomic mass is 16.5. The molecule has 218 valence electrons. The van der Waals surface area contributed by atoms with Crippen LogP contribution in [-0.2, 0) is 4.79 Å². The zero-order valence-corrected chi connectivity index (χ0v) is 24.0. The third kappa shape index (κ3) is 5.85. The monoisotopic (exact) mass is 576 g/mol. The molecule has 2 N–H and O–H groups in total. The molecule has 3 heterocycles. The van der Waals surface area contributed by atoms with Gasteiger partial charge in [0.2, 0.25) is 5.91 Å². The summed E-state index contributed by atoms with van der Waals surface area (Å²) in [5, 5.41) is 5.68. The molecule has 0 bridgehead atoms. The van der Waals surface area contributed by atoms with E-state index in [0.29, 0.717) is 52.9 Å². The Morgan fingerprint density at radius 1 is 0.953 bits per heavy atom. The van der Waals surface area contributed by atoms with Crippen LogP contribution in [0.15, 0.2) is 85.2 Å². The molecule has 2 aromatic heterocycles. The molecule has 1 fully saturated rings. The van der Waals surface area contributed by atoms with Crippen molar-refractivity contribution in [3.05, 3.63) is 90.8 Å². The minimum Gasteiger partial charge on any atom is -0.493 e. The first-order valence-electron chi connectivity index (χ1n) is 14.0. The van der Waals surface area contributed by atoms with Crippen LogP contribution in [0.1, 0.15) is 24.4 Å². The molecule has 0 saturated carbocycles. The number of amides is 1. The smallest absolute Gasteiger partial charge is 0.246 e. The molecule has 43 heavy (non-hydrogen) atoms. The maximum atomic E-state index is 13.2. The predicted octanol–water partition coefficient (Wildman–Crippen LogP) is 5.76. The van der Waals surface area contributed by atoms with Crippen molar-refractivity contribution in [1.82, 2.24) is 24.6 Å². The lowest BCUT2D eigenvalue weighted by molar-refractivity contribution is -0.127. The number of nitrogens with two attached hydrogens (primary N) is 1. The van der Waals surface area contributed by atoms with Gasteiger partial charge < -0.3 is 24.8 Å². The van der Waals surface area contributed by atoms with Gasteiger partial charge in [0.05, 0.1) is 25.6 Å². The van der Waals surface area contributed by atoms with Crippen molar-refractivity contribution in [2.75, 3.05) is 33.0 Å². The molecule has 1 aliphatic heterocycles. The van der Waals surface area contributed by atoms with Crippen molar-refractivity contribution >= 4 is 28.8 Å². The largest absolute Gasteiger partial charge is 0.493 e. The Morgan fingerprint density at radius 3 is 2.49 bits per heavy atom. The molecule has 0 radical (unpaired) electrons. The summed E-state index contributed by atoms with van der Waals surface area (Å²) in [6.45, 7) is 1.16. The van der Waals surface area contributed by atoms with Gasteiger partial charge in [-0.05, 0) is 73.0 Å². The molecule has 5 aromatic rings. The van der Waals surface area contributed by atoms with E-state index in [1.54, 1.807) is 26.4 Å². The van der Waals surface area contributed by atoms with E-state index in [0.717, 1.165) is 29.7 Å². The van der Waals surface area contributed by atoms with Gasteiger partial charge in [0.15, 0.2) is 17.1 Å². The lowest BCUT2D eigenvalue weighted by atomic mass is 10.1. The number of likely N-dealkylation sites (tertiary alicyclic amines) is 1. The number of anilines is 1. The summed E-state index contributed by atoms with van der Waals surface area (Å²) < 4.78 is 18.5. The fourth-order valence-electron chi connectivity index (χ4n) is 5.34. The van der Waals surface area contributed by atoms with Gasteiger partial charge in [0.25, 0.3) is 0 Å². The van der Waals surface area contributed by atoms with Gasteiger partial charge in [-0.25, -0.2) is 14.6 Å². The van der Waals surface area contributed by atoms with Crippen molar-refractivity contribution in [3.8, 4) is 34.3 Å². The van der Waals surface area contributed by atoms with E-state index in [1.807, 2.05) is 82.4 Å². The normalized spacial score (nSPS) is 15.1. The van der Waals surface area contributed by atoms with Gasteiger partial charge in [-0.2, -0.15) is 5.10 Å². The van der Waals surface area contributed by atoms with Gasteiger partial charge in [0, 0.05) is 24.7 Å². The first-order chi connectivity index (χ1) is 21.0. The number of carbonyl (C=O) groups is 1. The average Bonchev–Trinajstić information content (AvgIpc) is 3.45. The van der Waals surface area contributed by atoms with E-state index in [-0.39, 0.29) is 11.9 Å². The number of rotatable bonds is 8. The standard InChI is InChI=1S/C33H32N6O4/c1-41-27-16-10-22(19-28(27)42-2)11-17-29(40)38-18-6-7-24(20-38)39-33-30(32(34)35-21-36-33)31(37-39)23-12-14-26(15-13-23)43-25-8-4-3-5-9-25/h3-5,8-17,19,21,24H,6-7,18,20H2,1-2H3,(H2,34,35,36). The number of methoxy groups -OCH3 is 2. The molecule has 0 spiro atoms. The second-order valence-electron chi connectivity index (χ2n) is 10.2. The molecule has 10 heteroatoms. The number of nitrogens with zero attached hydrogens (tertiary/aromatic N) is 5. The number of aromatic nitrogens is 4. The van der Waals surface area contributed by atoms with E-state index in [4.69, 9.17) is 25.0 Å². The Labute approximate surface area is 249 Å². The van der Waals surface area contributed by atoms with Crippen LogP contribution in [0.25, 0.3) is 28.4 Å². The minimum atomic E-state index is -0.0709. The molecule has 6 rings (SSSR count). The van der Waals surface area contributed by atoms with Crippen LogP contribution in [0.3, 0.4) is 0 Å². The van der Waals surface area contributed by atoms with Crippen LogP contribution in [0.2, 0.25) is 0 Å². The Morgan fingerprint density at radius 2 is 1.72 bits per heavy atom. The lowest BCUT2D eigenvalue weighted by Crippen LogP contribution is -2.40. The first kappa shape index (κ1) is 27.8. The van der Waals surface area contributed by atoms with Gasteiger partial charge >= 0.3 is 0 Å². The van der Waals surface area contributed by atoms with Crippen LogP contribution in [0.5, 0.6) is 23.0 Å². The highest BCUT2D eigenvalue weighted by Gasteiger charge is 2.28. The predicted molar refractivity (Wildman–Crippen MR) is 165 cm³/mol. The van der Waals surface area contributed by atoms with Crippen molar-refractivity contribution in [2.24, 2.45) is 0 Å². The third-order valence-electron chi connectivity index (χ3n) is 7.50. The maximum Gasteiger partial charge on any atom is 0.246 e. The number of piperidine rings is 1. The molecule has 1 amide bonds. The maximum absolute atomic E-state index is 13.2. The van der Waals surface area contributed by atoms with Crippen LogP contribution >= 0.6 is 0 Å². The number of benzene rings is 3. The fraction of sp³-hybridized carbons (Fsp3) is 0.212. The molecule has 1 aliphatic rings. The zero-order chi connectivity index (χ0) is 29.8. The summed E-state index contributed by atoms with van der Waals surface area (Å²) in [7, 11) is 3.18. The van der Waals surface area contributed by atoms with E-state index < -0.39 is 0 Å². The van der Waals surface area contributed by atoms with Crippen molar-refractivity contribution in [3.63, 3.8) is 0 Å². The van der Waals surface area contributed by atoms with Crippen molar-refractivity contribution < 1.29 is 19.0 Å². The van der Waals surface area contributed by atoms with E-state index >= 15 is 0 Å². The van der Waals surface area contributed by atoms with E-state index in [2.05, 4.69) is 9.97 Å². The Kier molecular flexibility index (Phi) is 7.90. The number of ether oxygens (including phenoxy) is 3. The number of carbonyl (C=O) groups excluding carboxylic acids is 1. The van der Waals surface area contributed by atoms with Gasteiger partial charge in [-0.1, -0.05) is 24.3 Å². The first-order valence-corrected chi connectivity index (χ1v) is 14.0. The number of hydrogen-bond donors (Lipinski definition) is 1. The molecular weight excluding hydrogens is 544 g/mol. The quantitative estimate of drug-likeness (QED) is 0.232. The average molecular weight is 577 g/mol. The topological polar surface area (TPSA) is 118 Å². The third-order valence-corrected chi connectivity index (χ3v) is 7.50. The molecular formula is C33H32N6O4.